The minimum atomic E-state index is -1.10. The largest absolute Gasteiger partial charge is 0.480 e. The van der Waals surface area contributed by atoms with Gasteiger partial charge in [-0.1, -0.05) is 17.5 Å². The Morgan fingerprint density at radius 1 is 1.58 bits per heavy atom. The second-order valence-electron chi connectivity index (χ2n) is 4.44. The summed E-state index contributed by atoms with van der Waals surface area (Å²) in [5.74, 6) is 0.793. The lowest BCUT2D eigenvalue weighted by molar-refractivity contribution is -0.137. The summed E-state index contributed by atoms with van der Waals surface area (Å²) in [5.41, 5.74) is 0.393. The molecule has 0 radical (unpaired) electrons. The molecule has 1 aliphatic carbocycles. The topological polar surface area (TPSA) is 62.5 Å². The first kappa shape index (κ1) is 13.5. The van der Waals surface area contributed by atoms with Crippen molar-refractivity contribution in [2.45, 2.75) is 18.9 Å². The number of hydrogen-bond donors (Lipinski definition) is 1. The number of halogens is 1. The highest BCUT2D eigenvalue weighted by Gasteiger charge is 2.29. The molecule has 1 heterocycles. The summed E-state index contributed by atoms with van der Waals surface area (Å²) in [7, 11) is 0. The molecule has 1 aliphatic rings. The zero-order valence-electron chi connectivity index (χ0n) is 10.2. The van der Waals surface area contributed by atoms with Gasteiger partial charge in [-0.15, -0.1) is 6.42 Å². The number of carboxylic acids is 1. The number of carbonyl (C=O) groups excluding carboxylic acids is 1. The number of nitrogens with zero attached hydrogens (tertiary/aromatic N) is 2. The van der Waals surface area contributed by atoms with E-state index in [0.717, 1.165) is 17.7 Å². The Kier molecular flexibility index (Phi) is 3.82. The second-order valence-corrected chi connectivity index (χ2v) is 4.88. The maximum atomic E-state index is 12.3. The van der Waals surface area contributed by atoms with Crippen LogP contribution in [-0.4, -0.2) is 39.5 Å². The molecule has 5 nitrogen and oxygen atoms in total. The van der Waals surface area contributed by atoms with E-state index in [1.165, 1.54) is 0 Å². The van der Waals surface area contributed by atoms with Crippen molar-refractivity contribution in [2.24, 2.45) is 0 Å². The quantitative estimate of drug-likeness (QED) is 0.834. The van der Waals surface area contributed by atoms with Crippen molar-refractivity contribution in [3.63, 3.8) is 0 Å². The summed E-state index contributed by atoms with van der Waals surface area (Å²) in [4.78, 5) is 24.2. The molecular formula is C13H13ClN2O3. The molecule has 1 fully saturated rings. The Labute approximate surface area is 115 Å². The van der Waals surface area contributed by atoms with Gasteiger partial charge in [0.15, 0.2) is 0 Å². The van der Waals surface area contributed by atoms with Crippen molar-refractivity contribution in [3.8, 4) is 12.3 Å². The molecule has 0 spiro atoms. The third-order valence-corrected chi connectivity index (χ3v) is 3.08. The first-order valence-corrected chi connectivity index (χ1v) is 6.22. The van der Waals surface area contributed by atoms with E-state index in [-0.39, 0.29) is 12.6 Å². The van der Waals surface area contributed by atoms with Crippen molar-refractivity contribution in [1.82, 2.24) is 9.47 Å². The number of rotatable bonds is 5. The lowest BCUT2D eigenvalue weighted by atomic mass is 10.3. The highest BCUT2D eigenvalue weighted by molar-refractivity contribution is 6.31. The molecule has 1 N–H and O–H groups in total. The first-order valence-electron chi connectivity index (χ1n) is 5.85. The van der Waals surface area contributed by atoms with E-state index < -0.39 is 18.4 Å². The van der Waals surface area contributed by atoms with Crippen molar-refractivity contribution >= 4 is 23.5 Å². The average molecular weight is 281 g/mol. The molecule has 6 heteroatoms. The highest BCUT2D eigenvalue weighted by atomic mass is 35.5. The molecule has 0 bridgehead atoms. The Bertz CT molecular complexity index is 555. The lowest BCUT2D eigenvalue weighted by Crippen LogP contribution is -2.37. The fourth-order valence-corrected chi connectivity index (χ4v) is 2.12. The molecule has 1 aromatic heterocycles. The fourth-order valence-electron chi connectivity index (χ4n) is 1.91. The number of carboxylic acid groups (broad SMARTS) is 1. The fraction of sp³-hybridized carbons (Fsp3) is 0.385. The second kappa shape index (κ2) is 5.37. The van der Waals surface area contributed by atoms with E-state index in [0.29, 0.717) is 10.7 Å². The zero-order chi connectivity index (χ0) is 14.0. The molecule has 0 saturated heterocycles. The van der Waals surface area contributed by atoms with Crippen LogP contribution in [0.3, 0.4) is 0 Å². The molecule has 19 heavy (non-hydrogen) atoms. The summed E-state index contributed by atoms with van der Waals surface area (Å²) in [6, 6.07) is 1.83. The molecular weight excluding hydrogens is 268 g/mol. The summed E-state index contributed by atoms with van der Waals surface area (Å²) in [6.45, 7) is -0.463. The number of carbonyl (C=O) groups is 2. The third-order valence-electron chi connectivity index (χ3n) is 2.87. The SMILES string of the molecule is C#CCN(CC(=O)O)C(=O)c1cc(Cl)cn1C1CC1. The van der Waals surface area contributed by atoms with Gasteiger partial charge in [0.05, 0.1) is 11.6 Å². The minimum absolute atomic E-state index is 0.0431. The maximum absolute atomic E-state index is 12.3. The van der Waals surface area contributed by atoms with Crippen LogP contribution in [0.1, 0.15) is 29.4 Å². The van der Waals surface area contributed by atoms with E-state index in [4.69, 9.17) is 23.1 Å². The Balaban J connectivity index is 2.25. The molecule has 1 aromatic rings. The normalized spacial score (nSPS) is 13.9. The molecule has 100 valence electrons. The number of hydrogen-bond acceptors (Lipinski definition) is 2. The highest BCUT2D eigenvalue weighted by Crippen LogP contribution is 2.37. The Morgan fingerprint density at radius 2 is 2.26 bits per heavy atom. The van der Waals surface area contributed by atoms with E-state index in [2.05, 4.69) is 5.92 Å². The summed E-state index contributed by atoms with van der Waals surface area (Å²) < 4.78 is 1.80. The van der Waals surface area contributed by atoms with Crippen molar-refractivity contribution in [1.29, 1.82) is 0 Å². The van der Waals surface area contributed by atoms with E-state index in [1.807, 2.05) is 0 Å². The van der Waals surface area contributed by atoms with Gasteiger partial charge in [-0.05, 0) is 18.9 Å². The number of aliphatic carboxylic acids is 1. The third kappa shape index (κ3) is 3.09. The van der Waals surface area contributed by atoms with Gasteiger partial charge in [-0.25, -0.2) is 0 Å². The molecule has 2 rings (SSSR count). The Morgan fingerprint density at radius 3 is 2.79 bits per heavy atom. The molecule has 0 atom stereocenters. The number of amides is 1. The Hall–Kier alpha value is -1.93. The van der Waals surface area contributed by atoms with Gasteiger partial charge in [0, 0.05) is 12.2 Å². The van der Waals surface area contributed by atoms with Gasteiger partial charge >= 0.3 is 5.97 Å². The molecule has 1 amide bonds. The zero-order valence-corrected chi connectivity index (χ0v) is 10.9. The van der Waals surface area contributed by atoms with Gasteiger partial charge in [-0.2, -0.15) is 0 Å². The van der Waals surface area contributed by atoms with Crippen LogP contribution < -0.4 is 0 Å². The van der Waals surface area contributed by atoms with Gasteiger partial charge in [0.1, 0.15) is 12.2 Å². The van der Waals surface area contributed by atoms with Gasteiger partial charge < -0.3 is 14.6 Å². The van der Waals surface area contributed by atoms with Crippen LogP contribution in [0.5, 0.6) is 0 Å². The summed E-state index contributed by atoms with van der Waals surface area (Å²) in [5, 5.41) is 9.27. The standard InChI is InChI=1S/C13H13ClN2O3/c1-2-5-15(8-12(17)18)13(19)11-6-9(14)7-16(11)10-3-4-10/h1,6-7,10H,3-5,8H2,(H,17,18). The average Bonchev–Trinajstić information content (AvgIpc) is 3.10. The van der Waals surface area contributed by atoms with Crippen LogP contribution in [0.15, 0.2) is 12.3 Å². The predicted octanol–water partition coefficient (Wildman–Crippen LogP) is 1.64. The van der Waals surface area contributed by atoms with E-state index in [1.54, 1.807) is 16.8 Å². The van der Waals surface area contributed by atoms with E-state index in [9.17, 15) is 9.59 Å². The van der Waals surface area contributed by atoms with Crippen LogP contribution in [-0.2, 0) is 4.79 Å². The molecule has 0 aromatic carbocycles. The van der Waals surface area contributed by atoms with E-state index >= 15 is 0 Å². The molecule has 1 saturated carbocycles. The summed E-state index contributed by atoms with van der Waals surface area (Å²) in [6.07, 6.45) is 8.86. The van der Waals surface area contributed by atoms with Gasteiger partial charge in [0.25, 0.3) is 5.91 Å². The van der Waals surface area contributed by atoms with Crippen molar-refractivity contribution < 1.29 is 14.7 Å². The molecule has 0 aliphatic heterocycles. The minimum Gasteiger partial charge on any atom is -0.480 e. The monoisotopic (exact) mass is 280 g/mol. The van der Waals surface area contributed by atoms with Crippen molar-refractivity contribution in [2.75, 3.05) is 13.1 Å². The van der Waals surface area contributed by atoms with Crippen LogP contribution >= 0.6 is 11.6 Å². The van der Waals surface area contributed by atoms with Crippen LogP contribution in [0, 0.1) is 12.3 Å². The van der Waals surface area contributed by atoms with Crippen LogP contribution in [0.2, 0.25) is 5.02 Å². The van der Waals surface area contributed by atoms with Crippen molar-refractivity contribution in [3.05, 3.63) is 23.0 Å². The first-order chi connectivity index (χ1) is 9.02. The van der Waals surface area contributed by atoms with Gasteiger partial charge in [-0.3, -0.25) is 9.59 Å². The van der Waals surface area contributed by atoms with Crippen LogP contribution in [0.25, 0.3) is 0 Å². The number of aromatic nitrogens is 1. The number of terminal acetylenes is 1. The smallest absolute Gasteiger partial charge is 0.323 e. The van der Waals surface area contributed by atoms with Gasteiger partial charge in [0.2, 0.25) is 0 Å². The predicted molar refractivity (Wildman–Crippen MR) is 70.1 cm³/mol. The lowest BCUT2D eigenvalue weighted by Gasteiger charge is -2.18. The van der Waals surface area contributed by atoms with Crippen LogP contribution in [0.4, 0.5) is 0 Å². The molecule has 0 unspecified atom stereocenters. The maximum Gasteiger partial charge on any atom is 0.323 e. The summed E-state index contributed by atoms with van der Waals surface area (Å²) >= 11 is 5.92.